The fourth-order valence-electron chi connectivity index (χ4n) is 3.22. The Bertz CT molecular complexity index is 282. The number of rotatable bonds is 3. The van der Waals surface area contributed by atoms with Crippen molar-refractivity contribution < 1.29 is 4.79 Å². The number of hydrogen-bond acceptors (Lipinski definition) is 3. The molecule has 0 aromatic rings. The monoisotopic (exact) mass is 253 g/mol. The standard InChI is InChI=1S/C14H27N3O/c1-11-13(6-3-7-15-11)14(18)16-9-12-5-4-8-17(2)10-12/h11-13,15H,3-10H2,1-2H3,(H,16,18). The van der Waals surface area contributed by atoms with Crippen LogP contribution in [0.4, 0.5) is 0 Å². The minimum absolute atomic E-state index is 0.167. The molecule has 0 radical (unpaired) electrons. The zero-order chi connectivity index (χ0) is 13.0. The van der Waals surface area contributed by atoms with Crippen LogP contribution in [0.1, 0.15) is 32.6 Å². The highest BCUT2D eigenvalue weighted by atomic mass is 16.1. The van der Waals surface area contributed by atoms with Crippen molar-refractivity contribution in [2.75, 3.05) is 33.2 Å². The van der Waals surface area contributed by atoms with Gasteiger partial charge in [0, 0.05) is 19.1 Å². The zero-order valence-corrected chi connectivity index (χ0v) is 11.7. The molecule has 0 aromatic carbocycles. The van der Waals surface area contributed by atoms with E-state index in [2.05, 4.69) is 29.5 Å². The van der Waals surface area contributed by atoms with E-state index in [4.69, 9.17) is 0 Å². The predicted octanol–water partition coefficient (Wildman–Crippen LogP) is 0.833. The predicted molar refractivity (Wildman–Crippen MR) is 73.4 cm³/mol. The summed E-state index contributed by atoms with van der Waals surface area (Å²) >= 11 is 0. The van der Waals surface area contributed by atoms with Gasteiger partial charge >= 0.3 is 0 Å². The number of likely N-dealkylation sites (tertiary alicyclic amines) is 1. The van der Waals surface area contributed by atoms with Crippen LogP contribution in [-0.4, -0.2) is 50.1 Å². The zero-order valence-electron chi connectivity index (χ0n) is 11.7. The molecule has 2 heterocycles. The lowest BCUT2D eigenvalue weighted by molar-refractivity contribution is -0.126. The smallest absolute Gasteiger partial charge is 0.224 e. The van der Waals surface area contributed by atoms with Crippen molar-refractivity contribution in [3.05, 3.63) is 0 Å². The molecule has 2 aliphatic heterocycles. The van der Waals surface area contributed by atoms with Gasteiger partial charge < -0.3 is 15.5 Å². The SMILES string of the molecule is CC1NCCCC1C(=O)NCC1CCCN(C)C1. The Balaban J connectivity index is 1.73. The maximum atomic E-state index is 12.2. The van der Waals surface area contributed by atoms with E-state index in [1.54, 1.807) is 0 Å². The van der Waals surface area contributed by atoms with Gasteiger partial charge in [0.2, 0.25) is 5.91 Å². The van der Waals surface area contributed by atoms with Gasteiger partial charge in [-0.15, -0.1) is 0 Å². The van der Waals surface area contributed by atoms with E-state index in [9.17, 15) is 4.79 Å². The van der Waals surface area contributed by atoms with Crippen LogP contribution in [0.2, 0.25) is 0 Å². The van der Waals surface area contributed by atoms with E-state index in [1.165, 1.54) is 19.4 Å². The fraction of sp³-hybridized carbons (Fsp3) is 0.929. The van der Waals surface area contributed by atoms with E-state index < -0.39 is 0 Å². The van der Waals surface area contributed by atoms with E-state index in [1.807, 2.05) is 0 Å². The maximum Gasteiger partial charge on any atom is 0.224 e. The third-order valence-electron chi connectivity index (χ3n) is 4.39. The summed E-state index contributed by atoms with van der Waals surface area (Å²) in [6.45, 7) is 6.36. The Morgan fingerprint density at radius 2 is 2.22 bits per heavy atom. The second-order valence-electron chi connectivity index (χ2n) is 6.01. The molecule has 4 heteroatoms. The van der Waals surface area contributed by atoms with E-state index >= 15 is 0 Å². The van der Waals surface area contributed by atoms with Crippen LogP contribution in [0.3, 0.4) is 0 Å². The lowest BCUT2D eigenvalue weighted by Crippen LogP contribution is -2.48. The van der Waals surface area contributed by atoms with Gasteiger partial charge in [0.1, 0.15) is 0 Å². The summed E-state index contributed by atoms with van der Waals surface area (Å²) in [5.74, 6) is 1.06. The van der Waals surface area contributed by atoms with Crippen LogP contribution >= 0.6 is 0 Å². The molecular weight excluding hydrogens is 226 g/mol. The number of carbonyl (C=O) groups excluding carboxylic acids is 1. The summed E-state index contributed by atoms with van der Waals surface area (Å²) < 4.78 is 0. The molecule has 0 aliphatic carbocycles. The molecule has 2 saturated heterocycles. The number of piperidine rings is 2. The topological polar surface area (TPSA) is 44.4 Å². The van der Waals surface area contributed by atoms with Gasteiger partial charge in [-0.1, -0.05) is 0 Å². The van der Waals surface area contributed by atoms with Crippen molar-refractivity contribution in [1.29, 1.82) is 0 Å². The lowest BCUT2D eigenvalue weighted by Gasteiger charge is -2.32. The second-order valence-corrected chi connectivity index (χ2v) is 6.01. The molecule has 0 aromatic heterocycles. The van der Waals surface area contributed by atoms with Crippen LogP contribution in [-0.2, 0) is 4.79 Å². The van der Waals surface area contributed by atoms with Gasteiger partial charge in [-0.3, -0.25) is 4.79 Å². The third kappa shape index (κ3) is 3.69. The van der Waals surface area contributed by atoms with Crippen molar-refractivity contribution in [3.8, 4) is 0 Å². The number of hydrogen-bond donors (Lipinski definition) is 2. The van der Waals surface area contributed by atoms with Crippen molar-refractivity contribution in [3.63, 3.8) is 0 Å². The molecule has 4 nitrogen and oxygen atoms in total. The second kappa shape index (κ2) is 6.53. The van der Waals surface area contributed by atoms with Crippen LogP contribution in [0.5, 0.6) is 0 Å². The Morgan fingerprint density at radius 3 is 2.94 bits per heavy atom. The summed E-state index contributed by atoms with van der Waals surface area (Å²) in [5.41, 5.74) is 0. The minimum atomic E-state index is 0.167. The molecule has 2 fully saturated rings. The summed E-state index contributed by atoms with van der Waals surface area (Å²) in [5, 5.41) is 6.56. The van der Waals surface area contributed by atoms with Crippen molar-refractivity contribution in [2.24, 2.45) is 11.8 Å². The molecule has 0 spiro atoms. The third-order valence-corrected chi connectivity index (χ3v) is 4.39. The van der Waals surface area contributed by atoms with Crippen molar-refractivity contribution in [2.45, 2.75) is 38.6 Å². The summed E-state index contributed by atoms with van der Waals surface area (Å²) in [6.07, 6.45) is 4.67. The highest BCUT2D eigenvalue weighted by Gasteiger charge is 2.28. The van der Waals surface area contributed by atoms with Gasteiger partial charge in [0.15, 0.2) is 0 Å². The van der Waals surface area contributed by atoms with Crippen LogP contribution < -0.4 is 10.6 Å². The van der Waals surface area contributed by atoms with E-state index in [0.29, 0.717) is 12.0 Å². The van der Waals surface area contributed by atoms with Gasteiger partial charge in [-0.05, 0) is 58.7 Å². The molecule has 0 bridgehead atoms. The number of amides is 1. The van der Waals surface area contributed by atoms with Crippen molar-refractivity contribution >= 4 is 5.91 Å². The van der Waals surface area contributed by atoms with Gasteiger partial charge in [0.25, 0.3) is 0 Å². The molecule has 3 unspecified atom stereocenters. The fourth-order valence-corrected chi connectivity index (χ4v) is 3.22. The van der Waals surface area contributed by atoms with Crippen LogP contribution in [0.25, 0.3) is 0 Å². The quantitative estimate of drug-likeness (QED) is 0.783. The van der Waals surface area contributed by atoms with Crippen LogP contribution in [0.15, 0.2) is 0 Å². The van der Waals surface area contributed by atoms with Crippen LogP contribution in [0, 0.1) is 11.8 Å². The molecule has 2 N–H and O–H groups in total. The average Bonchev–Trinajstić information content (AvgIpc) is 2.37. The minimum Gasteiger partial charge on any atom is -0.355 e. The molecule has 1 amide bonds. The Kier molecular flexibility index (Phi) is 5.01. The largest absolute Gasteiger partial charge is 0.355 e. The van der Waals surface area contributed by atoms with Gasteiger partial charge in [-0.2, -0.15) is 0 Å². The maximum absolute atomic E-state index is 12.2. The first-order chi connectivity index (χ1) is 8.66. The first-order valence-electron chi connectivity index (χ1n) is 7.36. The summed E-state index contributed by atoms with van der Waals surface area (Å²) in [4.78, 5) is 14.5. The molecule has 0 saturated carbocycles. The summed E-state index contributed by atoms with van der Waals surface area (Å²) in [7, 11) is 2.17. The number of carbonyl (C=O) groups is 1. The Labute approximate surface area is 110 Å². The van der Waals surface area contributed by atoms with E-state index in [-0.39, 0.29) is 11.8 Å². The summed E-state index contributed by atoms with van der Waals surface area (Å²) in [6, 6.07) is 0.327. The van der Waals surface area contributed by atoms with Gasteiger partial charge in [0.05, 0.1) is 5.92 Å². The molecule has 2 rings (SSSR count). The number of nitrogens with one attached hydrogen (secondary N) is 2. The molecule has 18 heavy (non-hydrogen) atoms. The average molecular weight is 253 g/mol. The first kappa shape index (κ1) is 13.8. The Morgan fingerprint density at radius 1 is 1.39 bits per heavy atom. The lowest BCUT2D eigenvalue weighted by atomic mass is 9.90. The Hall–Kier alpha value is -0.610. The normalized spacial score (nSPS) is 34.2. The molecular formula is C14H27N3O. The van der Waals surface area contributed by atoms with Gasteiger partial charge in [-0.25, -0.2) is 0 Å². The van der Waals surface area contributed by atoms with Crippen molar-refractivity contribution in [1.82, 2.24) is 15.5 Å². The molecule has 104 valence electrons. The molecule has 2 aliphatic rings. The highest BCUT2D eigenvalue weighted by molar-refractivity contribution is 5.79. The first-order valence-corrected chi connectivity index (χ1v) is 7.36. The highest BCUT2D eigenvalue weighted by Crippen LogP contribution is 2.17. The number of nitrogens with zero attached hydrogens (tertiary/aromatic N) is 1. The van der Waals surface area contributed by atoms with E-state index in [0.717, 1.165) is 32.5 Å². The molecule has 3 atom stereocenters.